The third-order valence-electron chi connectivity index (χ3n) is 2.88. The van der Waals surface area contributed by atoms with Crippen LogP contribution in [0.4, 0.5) is 4.79 Å². The first kappa shape index (κ1) is 11.4. The van der Waals surface area contributed by atoms with Crippen molar-refractivity contribution in [1.29, 1.82) is 0 Å². The van der Waals surface area contributed by atoms with Crippen LogP contribution < -0.4 is 0 Å². The molecule has 1 heterocycles. The molecule has 0 bridgehead atoms. The van der Waals surface area contributed by atoms with E-state index in [1.807, 2.05) is 30.3 Å². The first-order valence-electron chi connectivity index (χ1n) is 5.38. The Morgan fingerprint density at radius 1 is 1.41 bits per heavy atom. The van der Waals surface area contributed by atoms with E-state index in [0.29, 0.717) is 6.54 Å². The molecule has 1 aromatic carbocycles. The molecule has 1 atom stereocenters. The molecule has 1 N–H and O–H groups in total. The number of amides is 2. The van der Waals surface area contributed by atoms with Crippen LogP contribution in [0.1, 0.15) is 5.56 Å². The second-order valence-corrected chi connectivity index (χ2v) is 4.13. The maximum absolute atomic E-state index is 11.8. The summed E-state index contributed by atoms with van der Waals surface area (Å²) in [7, 11) is 1.61. The summed E-state index contributed by atoms with van der Waals surface area (Å²) in [6.45, 7) is 0.571. The number of carbonyl (C=O) groups is 2. The zero-order valence-electron chi connectivity index (χ0n) is 9.54. The smallest absolute Gasteiger partial charge is 0.328 e. The fourth-order valence-electron chi connectivity index (χ4n) is 1.96. The van der Waals surface area contributed by atoms with Gasteiger partial charge in [0.05, 0.1) is 6.54 Å². The average Bonchev–Trinajstić information content (AvgIpc) is 2.59. The Morgan fingerprint density at radius 3 is 2.65 bits per heavy atom. The Bertz CT molecular complexity index is 433. The van der Waals surface area contributed by atoms with Crippen LogP contribution in [-0.2, 0) is 11.3 Å². The lowest BCUT2D eigenvalue weighted by atomic mass is 10.2. The van der Waals surface area contributed by atoms with E-state index in [4.69, 9.17) is 5.11 Å². The van der Waals surface area contributed by atoms with Gasteiger partial charge >= 0.3 is 12.0 Å². The van der Waals surface area contributed by atoms with Crippen LogP contribution in [0.25, 0.3) is 0 Å². The molecule has 1 fully saturated rings. The van der Waals surface area contributed by atoms with Gasteiger partial charge in [-0.1, -0.05) is 30.3 Å². The number of benzene rings is 1. The molecule has 0 aliphatic carbocycles. The highest BCUT2D eigenvalue weighted by atomic mass is 16.4. The number of hydrogen-bond donors (Lipinski definition) is 1. The molecular weight excluding hydrogens is 220 g/mol. The summed E-state index contributed by atoms with van der Waals surface area (Å²) in [5.41, 5.74) is 0.933. The highest BCUT2D eigenvalue weighted by molar-refractivity contribution is 5.86. The van der Waals surface area contributed by atoms with Crippen molar-refractivity contribution in [3.05, 3.63) is 35.9 Å². The molecule has 0 unspecified atom stereocenters. The van der Waals surface area contributed by atoms with E-state index >= 15 is 0 Å². The van der Waals surface area contributed by atoms with Crippen LogP contribution >= 0.6 is 0 Å². The summed E-state index contributed by atoms with van der Waals surface area (Å²) in [5.74, 6) is -0.960. The van der Waals surface area contributed by atoms with Crippen molar-refractivity contribution in [2.24, 2.45) is 0 Å². The van der Waals surface area contributed by atoms with Crippen LogP contribution in [0.2, 0.25) is 0 Å². The van der Waals surface area contributed by atoms with Crippen molar-refractivity contribution in [3.8, 4) is 0 Å². The molecule has 1 aliphatic heterocycles. The highest BCUT2D eigenvalue weighted by Crippen LogP contribution is 2.18. The van der Waals surface area contributed by atoms with E-state index in [-0.39, 0.29) is 12.6 Å². The molecule has 2 amide bonds. The van der Waals surface area contributed by atoms with Crippen LogP contribution in [-0.4, -0.2) is 46.5 Å². The van der Waals surface area contributed by atoms with Gasteiger partial charge in [0.25, 0.3) is 0 Å². The van der Waals surface area contributed by atoms with Crippen LogP contribution in [0, 0.1) is 0 Å². The predicted octanol–water partition coefficient (Wildman–Crippen LogP) is 1.01. The largest absolute Gasteiger partial charge is 0.480 e. The van der Waals surface area contributed by atoms with Gasteiger partial charge in [-0.3, -0.25) is 0 Å². The third-order valence-corrected chi connectivity index (χ3v) is 2.88. The van der Waals surface area contributed by atoms with E-state index in [2.05, 4.69) is 0 Å². The van der Waals surface area contributed by atoms with Gasteiger partial charge in [-0.2, -0.15) is 0 Å². The monoisotopic (exact) mass is 234 g/mol. The second kappa shape index (κ2) is 4.45. The van der Waals surface area contributed by atoms with Crippen molar-refractivity contribution in [1.82, 2.24) is 9.80 Å². The van der Waals surface area contributed by atoms with Crippen molar-refractivity contribution < 1.29 is 14.7 Å². The zero-order valence-corrected chi connectivity index (χ0v) is 9.54. The lowest BCUT2D eigenvalue weighted by molar-refractivity contribution is -0.141. The van der Waals surface area contributed by atoms with Crippen LogP contribution in [0.15, 0.2) is 30.3 Å². The van der Waals surface area contributed by atoms with Crippen LogP contribution in [0.5, 0.6) is 0 Å². The topological polar surface area (TPSA) is 60.9 Å². The first-order chi connectivity index (χ1) is 8.09. The summed E-state index contributed by atoms with van der Waals surface area (Å²) < 4.78 is 0. The van der Waals surface area contributed by atoms with Gasteiger partial charge in [-0.25, -0.2) is 9.59 Å². The van der Waals surface area contributed by atoms with E-state index in [9.17, 15) is 9.59 Å². The molecule has 5 nitrogen and oxygen atoms in total. The fourth-order valence-corrected chi connectivity index (χ4v) is 1.96. The Labute approximate surface area is 99.3 Å². The molecule has 17 heavy (non-hydrogen) atoms. The SMILES string of the molecule is CN1C[C@H](C(=O)O)N(Cc2ccccc2)C1=O. The minimum atomic E-state index is -0.960. The second-order valence-electron chi connectivity index (χ2n) is 4.13. The van der Waals surface area contributed by atoms with Crippen molar-refractivity contribution in [2.75, 3.05) is 13.6 Å². The molecule has 90 valence electrons. The van der Waals surface area contributed by atoms with Gasteiger partial charge in [-0.05, 0) is 5.56 Å². The first-order valence-corrected chi connectivity index (χ1v) is 5.38. The Morgan fingerprint density at radius 2 is 2.06 bits per heavy atom. The number of carboxylic acids is 1. The molecular formula is C12H14N2O3. The number of carboxylic acid groups (broad SMARTS) is 1. The van der Waals surface area contributed by atoms with Crippen molar-refractivity contribution >= 4 is 12.0 Å². The summed E-state index contributed by atoms with van der Waals surface area (Å²) >= 11 is 0. The number of rotatable bonds is 3. The van der Waals surface area contributed by atoms with E-state index in [1.54, 1.807) is 7.05 Å². The molecule has 1 aliphatic rings. The van der Waals surface area contributed by atoms with Gasteiger partial charge in [0.2, 0.25) is 0 Å². The summed E-state index contributed by atoms with van der Waals surface area (Å²) in [6, 6.07) is 8.39. The van der Waals surface area contributed by atoms with Gasteiger partial charge < -0.3 is 14.9 Å². The van der Waals surface area contributed by atoms with Gasteiger partial charge in [-0.15, -0.1) is 0 Å². The molecule has 1 saturated heterocycles. The molecule has 0 saturated carbocycles. The fraction of sp³-hybridized carbons (Fsp3) is 0.333. The summed E-state index contributed by atoms with van der Waals surface area (Å²) in [6.07, 6.45) is 0. The minimum absolute atomic E-state index is 0.235. The Balaban J connectivity index is 2.18. The Hall–Kier alpha value is -2.04. The average molecular weight is 234 g/mol. The van der Waals surface area contributed by atoms with Gasteiger partial charge in [0, 0.05) is 13.6 Å². The standard InChI is InChI=1S/C12H14N2O3/c1-13-8-10(11(15)16)14(12(13)17)7-9-5-3-2-4-6-9/h2-6,10H,7-8H2,1H3,(H,15,16)/t10-/m1/s1. The number of aliphatic carboxylic acids is 1. The molecule has 0 spiro atoms. The van der Waals surface area contributed by atoms with E-state index in [1.165, 1.54) is 9.80 Å². The predicted molar refractivity (Wildman–Crippen MR) is 61.4 cm³/mol. The van der Waals surface area contributed by atoms with Gasteiger partial charge in [0.15, 0.2) is 0 Å². The van der Waals surface area contributed by atoms with Crippen LogP contribution in [0.3, 0.4) is 0 Å². The number of hydrogen-bond acceptors (Lipinski definition) is 2. The highest BCUT2D eigenvalue weighted by Gasteiger charge is 2.39. The van der Waals surface area contributed by atoms with E-state index in [0.717, 1.165) is 5.56 Å². The summed E-state index contributed by atoms with van der Waals surface area (Å²) in [5, 5.41) is 9.08. The molecule has 0 aromatic heterocycles. The molecule has 2 rings (SSSR count). The van der Waals surface area contributed by atoms with Crippen molar-refractivity contribution in [2.45, 2.75) is 12.6 Å². The quantitative estimate of drug-likeness (QED) is 0.849. The number of likely N-dealkylation sites (N-methyl/N-ethyl adjacent to an activating group) is 1. The molecule has 5 heteroatoms. The number of urea groups is 1. The molecule has 0 radical (unpaired) electrons. The molecule has 1 aromatic rings. The van der Waals surface area contributed by atoms with Crippen molar-refractivity contribution in [3.63, 3.8) is 0 Å². The zero-order chi connectivity index (χ0) is 12.4. The lowest BCUT2D eigenvalue weighted by Gasteiger charge is -2.20. The van der Waals surface area contributed by atoms with Gasteiger partial charge in [0.1, 0.15) is 6.04 Å². The van der Waals surface area contributed by atoms with E-state index < -0.39 is 12.0 Å². The third kappa shape index (κ3) is 2.22. The maximum Gasteiger partial charge on any atom is 0.328 e. The number of nitrogens with zero attached hydrogens (tertiary/aromatic N) is 2. The Kier molecular flexibility index (Phi) is 2.99. The summed E-state index contributed by atoms with van der Waals surface area (Å²) in [4.78, 5) is 25.7. The minimum Gasteiger partial charge on any atom is -0.480 e. The normalized spacial score (nSPS) is 19.8. The number of carbonyl (C=O) groups excluding carboxylic acids is 1. The lowest BCUT2D eigenvalue weighted by Crippen LogP contribution is -2.38. The maximum atomic E-state index is 11.8.